The highest BCUT2D eigenvalue weighted by atomic mass is 19.4. The highest BCUT2D eigenvalue weighted by Gasteiger charge is 2.51. The van der Waals surface area contributed by atoms with Gasteiger partial charge in [0.05, 0.1) is 24.3 Å². The van der Waals surface area contributed by atoms with Crippen molar-refractivity contribution in [3.8, 4) is 5.88 Å². The molecular weight excluding hydrogens is 417 g/mol. The Morgan fingerprint density at radius 2 is 1.97 bits per heavy atom. The molecule has 0 aromatic carbocycles. The van der Waals surface area contributed by atoms with E-state index in [2.05, 4.69) is 4.98 Å². The number of hydrogen-bond acceptors (Lipinski definition) is 6. The van der Waals surface area contributed by atoms with Crippen LogP contribution in [0, 0.1) is 5.92 Å². The molecule has 3 fully saturated rings. The van der Waals surface area contributed by atoms with Gasteiger partial charge in [-0.1, -0.05) is 0 Å². The van der Waals surface area contributed by atoms with E-state index in [1.165, 1.54) is 13.2 Å². The third-order valence-corrected chi connectivity index (χ3v) is 5.49. The standard InChI is InChI=1S/C21H29F3N2O5/c1-20(2,3)31-19(27)26-15-7-5-13(16(26)11-29-12-28-4)9-17(15)30-18-8-6-14(10-25-18)21(22,23)24/h6,8,10,13,15-17H,5,7,9,11-12H2,1-4H3. The third kappa shape index (κ3) is 5.79. The van der Waals surface area contributed by atoms with Crippen LogP contribution in [0.3, 0.4) is 0 Å². The van der Waals surface area contributed by atoms with Crippen molar-refractivity contribution in [3.63, 3.8) is 0 Å². The smallest absolute Gasteiger partial charge is 0.417 e. The largest absolute Gasteiger partial charge is 0.472 e. The number of nitrogens with zero attached hydrogens (tertiary/aromatic N) is 2. The van der Waals surface area contributed by atoms with Crippen LogP contribution in [0.15, 0.2) is 18.3 Å². The number of methoxy groups -OCH3 is 1. The topological polar surface area (TPSA) is 70.1 Å². The van der Waals surface area contributed by atoms with Gasteiger partial charge in [0.2, 0.25) is 5.88 Å². The summed E-state index contributed by atoms with van der Waals surface area (Å²) in [6.07, 6.45) is -2.31. The fraction of sp³-hybridized carbons (Fsp3) is 0.714. The number of piperidine rings is 2. The first kappa shape index (κ1) is 23.6. The lowest BCUT2D eigenvalue weighted by Gasteiger charge is -2.53. The number of hydrogen-bond donors (Lipinski definition) is 0. The molecule has 3 heterocycles. The molecule has 1 aliphatic carbocycles. The number of amides is 1. The lowest BCUT2D eigenvalue weighted by Crippen LogP contribution is -2.65. The normalized spacial score (nSPS) is 26.1. The molecule has 2 bridgehead atoms. The summed E-state index contributed by atoms with van der Waals surface area (Å²) in [7, 11) is 1.53. The highest BCUT2D eigenvalue weighted by Crippen LogP contribution is 2.42. The Balaban J connectivity index is 1.77. The van der Waals surface area contributed by atoms with Crippen LogP contribution in [-0.4, -0.2) is 60.3 Å². The molecule has 0 spiro atoms. The van der Waals surface area contributed by atoms with Crippen molar-refractivity contribution in [1.29, 1.82) is 0 Å². The molecule has 4 rings (SSSR count). The van der Waals surface area contributed by atoms with Crippen molar-refractivity contribution >= 4 is 6.09 Å². The summed E-state index contributed by atoms with van der Waals surface area (Å²) in [5.41, 5.74) is -1.51. The predicted octanol–water partition coefficient (Wildman–Crippen LogP) is 4.26. The zero-order valence-electron chi connectivity index (χ0n) is 18.1. The van der Waals surface area contributed by atoms with Gasteiger partial charge in [-0.25, -0.2) is 9.78 Å². The van der Waals surface area contributed by atoms with Crippen molar-refractivity contribution < 1.29 is 36.9 Å². The van der Waals surface area contributed by atoms with E-state index >= 15 is 0 Å². The van der Waals surface area contributed by atoms with Gasteiger partial charge in [0.25, 0.3) is 0 Å². The molecule has 0 N–H and O–H groups in total. The summed E-state index contributed by atoms with van der Waals surface area (Å²) in [5, 5.41) is 0. The van der Waals surface area contributed by atoms with Gasteiger partial charge >= 0.3 is 12.3 Å². The van der Waals surface area contributed by atoms with Crippen LogP contribution in [0.4, 0.5) is 18.0 Å². The third-order valence-electron chi connectivity index (χ3n) is 5.49. The van der Waals surface area contributed by atoms with Gasteiger partial charge in [0.1, 0.15) is 18.5 Å². The molecule has 31 heavy (non-hydrogen) atoms. The van der Waals surface area contributed by atoms with Crippen LogP contribution < -0.4 is 4.74 Å². The molecule has 7 nitrogen and oxygen atoms in total. The first-order chi connectivity index (χ1) is 14.5. The zero-order chi connectivity index (χ0) is 22.8. The van der Waals surface area contributed by atoms with Crippen molar-refractivity contribution in [2.24, 2.45) is 5.92 Å². The van der Waals surface area contributed by atoms with E-state index in [0.29, 0.717) is 19.4 Å². The molecule has 1 aromatic rings. The van der Waals surface area contributed by atoms with Crippen molar-refractivity contribution in [2.45, 2.75) is 70.0 Å². The number of halogens is 3. The van der Waals surface area contributed by atoms with Gasteiger partial charge in [-0.3, -0.25) is 4.90 Å². The number of pyridine rings is 1. The second-order valence-electron chi connectivity index (χ2n) is 8.91. The van der Waals surface area contributed by atoms with Gasteiger partial charge in [-0.2, -0.15) is 13.2 Å². The summed E-state index contributed by atoms with van der Waals surface area (Å²) in [6.45, 7) is 5.81. The molecular formula is C21H29F3N2O5. The molecule has 174 valence electrons. The van der Waals surface area contributed by atoms with E-state index in [9.17, 15) is 18.0 Å². The van der Waals surface area contributed by atoms with E-state index in [1.54, 1.807) is 25.7 Å². The van der Waals surface area contributed by atoms with Crippen LogP contribution >= 0.6 is 0 Å². The van der Waals surface area contributed by atoms with E-state index in [0.717, 1.165) is 18.7 Å². The Hall–Kier alpha value is -2.07. The predicted molar refractivity (Wildman–Crippen MR) is 104 cm³/mol. The van der Waals surface area contributed by atoms with E-state index in [4.69, 9.17) is 18.9 Å². The van der Waals surface area contributed by atoms with Crippen LogP contribution in [0.5, 0.6) is 5.88 Å². The van der Waals surface area contributed by atoms with E-state index in [-0.39, 0.29) is 30.7 Å². The first-order valence-corrected chi connectivity index (χ1v) is 10.3. The van der Waals surface area contributed by atoms with Crippen LogP contribution in [0.25, 0.3) is 0 Å². The fourth-order valence-corrected chi connectivity index (χ4v) is 4.24. The van der Waals surface area contributed by atoms with E-state index in [1.807, 2.05) is 0 Å². The van der Waals surface area contributed by atoms with Gasteiger partial charge in [-0.05, 0) is 52.0 Å². The molecule has 1 aromatic heterocycles. The Kier molecular flexibility index (Phi) is 7.00. The molecule has 1 amide bonds. The second kappa shape index (κ2) is 9.20. The lowest BCUT2D eigenvalue weighted by molar-refractivity contribution is -0.138. The minimum atomic E-state index is -4.46. The Morgan fingerprint density at radius 3 is 2.55 bits per heavy atom. The number of aromatic nitrogens is 1. The van der Waals surface area contributed by atoms with Crippen LogP contribution in [0.2, 0.25) is 0 Å². The van der Waals surface area contributed by atoms with Crippen molar-refractivity contribution in [2.75, 3.05) is 20.5 Å². The minimum Gasteiger partial charge on any atom is -0.472 e. The van der Waals surface area contributed by atoms with Gasteiger partial charge in [0.15, 0.2) is 0 Å². The Bertz CT molecular complexity index is 751. The van der Waals surface area contributed by atoms with Gasteiger partial charge in [-0.15, -0.1) is 0 Å². The van der Waals surface area contributed by atoms with Crippen molar-refractivity contribution in [3.05, 3.63) is 23.9 Å². The number of fused-ring (bicyclic) bond motifs is 3. The maximum absolute atomic E-state index is 13.0. The summed E-state index contributed by atoms with van der Waals surface area (Å²) in [5.74, 6) is 0.204. The van der Waals surface area contributed by atoms with Crippen LogP contribution in [-0.2, 0) is 20.4 Å². The second-order valence-corrected chi connectivity index (χ2v) is 8.91. The summed E-state index contributed by atoms with van der Waals surface area (Å²) in [4.78, 5) is 18.5. The van der Waals surface area contributed by atoms with Gasteiger partial charge < -0.3 is 18.9 Å². The summed E-state index contributed by atoms with van der Waals surface area (Å²) >= 11 is 0. The Labute approximate surface area is 179 Å². The first-order valence-electron chi connectivity index (χ1n) is 10.3. The summed E-state index contributed by atoms with van der Waals surface area (Å²) < 4.78 is 60.4. The number of rotatable bonds is 6. The fourth-order valence-electron chi connectivity index (χ4n) is 4.24. The molecule has 3 aliphatic rings. The molecule has 4 unspecified atom stereocenters. The average Bonchev–Trinajstić information content (AvgIpc) is 2.67. The number of carbonyl (C=O) groups excluding carboxylic acids is 1. The number of ether oxygens (including phenoxy) is 4. The van der Waals surface area contributed by atoms with Crippen LogP contribution in [0.1, 0.15) is 45.6 Å². The lowest BCUT2D eigenvalue weighted by atomic mass is 9.73. The van der Waals surface area contributed by atoms with Crippen molar-refractivity contribution in [1.82, 2.24) is 9.88 Å². The SMILES string of the molecule is COCOCC1C2CCC(C(Oc3ccc(C(F)(F)F)cn3)C2)N1C(=O)OC(C)(C)C. The highest BCUT2D eigenvalue weighted by molar-refractivity contribution is 5.69. The van der Waals surface area contributed by atoms with E-state index < -0.39 is 29.5 Å². The quantitative estimate of drug-likeness (QED) is 0.481. The molecule has 0 radical (unpaired) electrons. The zero-order valence-corrected chi connectivity index (χ0v) is 18.1. The molecule has 2 aliphatic heterocycles. The minimum absolute atomic E-state index is 0.0990. The monoisotopic (exact) mass is 446 g/mol. The maximum Gasteiger partial charge on any atom is 0.417 e. The number of alkyl halides is 3. The summed E-state index contributed by atoms with van der Waals surface area (Å²) in [6, 6.07) is 1.67. The maximum atomic E-state index is 13.0. The molecule has 4 atom stereocenters. The molecule has 1 saturated carbocycles. The molecule has 2 saturated heterocycles. The molecule has 10 heteroatoms. The van der Waals surface area contributed by atoms with Gasteiger partial charge in [0, 0.05) is 19.4 Å². The number of carbonyl (C=O) groups is 1. The average molecular weight is 446 g/mol. The Morgan fingerprint density at radius 1 is 1.23 bits per heavy atom.